The molecule has 0 radical (unpaired) electrons. The number of halogens is 3. The fourth-order valence-electron chi connectivity index (χ4n) is 0.489. The standard InChI is InChI=1S/C4H3Cl3O3/c5-4(6,7)2-1-9-3(8)10-2/h2H,1H2/t2-/m1/s1. The van der Waals surface area contributed by atoms with E-state index in [1.807, 2.05) is 0 Å². The van der Waals surface area contributed by atoms with E-state index in [9.17, 15) is 4.79 Å². The van der Waals surface area contributed by atoms with E-state index < -0.39 is 16.1 Å². The van der Waals surface area contributed by atoms with Crippen molar-refractivity contribution in [1.82, 2.24) is 0 Å². The Labute approximate surface area is 72.1 Å². The molecule has 58 valence electrons. The number of ether oxygens (including phenoxy) is 2. The summed E-state index contributed by atoms with van der Waals surface area (Å²) in [6, 6.07) is 0. The fourth-order valence-corrected chi connectivity index (χ4v) is 0.812. The molecular weight excluding hydrogens is 202 g/mol. The molecule has 0 bridgehead atoms. The molecule has 1 aliphatic heterocycles. The molecule has 1 fully saturated rings. The summed E-state index contributed by atoms with van der Waals surface area (Å²) in [6.07, 6.45) is -1.58. The van der Waals surface area contributed by atoms with Gasteiger partial charge < -0.3 is 9.47 Å². The van der Waals surface area contributed by atoms with E-state index in [1.54, 1.807) is 0 Å². The van der Waals surface area contributed by atoms with Crippen LogP contribution in [0, 0.1) is 0 Å². The van der Waals surface area contributed by atoms with Crippen LogP contribution in [0.1, 0.15) is 0 Å². The van der Waals surface area contributed by atoms with Gasteiger partial charge in [0, 0.05) is 0 Å². The number of cyclic esters (lactones) is 2. The molecule has 0 aliphatic carbocycles. The first-order valence-electron chi connectivity index (χ1n) is 2.40. The normalized spacial score (nSPS) is 25.9. The summed E-state index contributed by atoms with van der Waals surface area (Å²) in [4.78, 5) is 10.3. The minimum Gasteiger partial charge on any atom is -0.430 e. The molecular formula is C4H3Cl3O3. The molecule has 0 amide bonds. The molecule has 0 unspecified atom stereocenters. The van der Waals surface area contributed by atoms with E-state index in [-0.39, 0.29) is 6.61 Å². The van der Waals surface area contributed by atoms with Crippen LogP contribution in [0.25, 0.3) is 0 Å². The minimum absolute atomic E-state index is 0.00463. The molecule has 1 rings (SSSR count). The second kappa shape index (κ2) is 2.64. The van der Waals surface area contributed by atoms with Crippen LogP contribution in [0.4, 0.5) is 4.79 Å². The van der Waals surface area contributed by atoms with E-state index in [1.165, 1.54) is 0 Å². The average Bonchev–Trinajstić information content (AvgIpc) is 2.11. The lowest BCUT2D eigenvalue weighted by molar-refractivity contribution is 0.119. The molecule has 1 saturated heterocycles. The van der Waals surface area contributed by atoms with Crippen molar-refractivity contribution in [2.45, 2.75) is 9.90 Å². The van der Waals surface area contributed by atoms with Crippen LogP contribution < -0.4 is 0 Å². The van der Waals surface area contributed by atoms with Gasteiger partial charge in [0.1, 0.15) is 6.61 Å². The first-order chi connectivity index (χ1) is 4.50. The quantitative estimate of drug-likeness (QED) is 0.447. The summed E-state index contributed by atoms with van der Waals surface area (Å²) in [5, 5.41) is 0. The average molecular weight is 205 g/mol. The number of alkyl halides is 3. The van der Waals surface area contributed by atoms with E-state index in [0.29, 0.717) is 0 Å². The predicted molar refractivity (Wildman–Crippen MR) is 36.5 cm³/mol. The second-order valence-electron chi connectivity index (χ2n) is 1.71. The molecule has 1 atom stereocenters. The molecule has 0 aromatic heterocycles. The van der Waals surface area contributed by atoms with Crippen LogP contribution in [-0.2, 0) is 9.47 Å². The Hall–Kier alpha value is 0.140. The van der Waals surface area contributed by atoms with Crippen LogP contribution in [0.3, 0.4) is 0 Å². The van der Waals surface area contributed by atoms with Crippen LogP contribution in [0.2, 0.25) is 0 Å². The minimum atomic E-state index is -1.59. The number of rotatable bonds is 0. The molecule has 0 N–H and O–H groups in total. The molecule has 0 spiro atoms. The highest BCUT2D eigenvalue weighted by molar-refractivity contribution is 6.68. The van der Waals surface area contributed by atoms with E-state index in [2.05, 4.69) is 9.47 Å². The third-order valence-corrected chi connectivity index (χ3v) is 1.69. The van der Waals surface area contributed by atoms with Crippen LogP contribution in [0.15, 0.2) is 0 Å². The zero-order valence-electron chi connectivity index (χ0n) is 4.64. The molecule has 10 heavy (non-hydrogen) atoms. The molecule has 0 aromatic rings. The van der Waals surface area contributed by atoms with Crippen LogP contribution >= 0.6 is 34.8 Å². The maximum absolute atomic E-state index is 10.3. The summed E-state index contributed by atoms with van der Waals surface area (Å²) in [6.45, 7) is -0.00463. The first kappa shape index (κ1) is 8.24. The van der Waals surface area contributed by atoms with E-state index in [4.69, 9.17) is 34.8 Å². The van der Waals surface area contributed by atoms with E-state index >= 15 is 0 Å². The number of hydrogen-bond donors (Lipinski definition) is 0. The summed E-state index contributed by atoms with van der Waals surface area (Å²) >= 11 is 16.1. The lowest BCUT2D eigenvalue weighted by atomic mass is 10.4. The molecule has 0 aromatic carbocycles. The van der Waals surface area contributed by atoms with Gasteiger partial charge in [0.25, 0.3) is 0 Å². The highest BCUT2D eigenvalue weighted by Crippen LogP contribution is 2.34. The zero-order chi connectivity index (χ0) is 7.78. The van der Waals surface area contributed by atoms with Gasteiger partial charge in [0.05, 0.1) is 0 Å². The zero-order valence-corrected chi connectivity index (χ0v) is 6.91. The highest BCUT2D eigenvalue weighted by atomic mass is 35.6. The van der Waals surface area contributed by atoms with Gasteiger partial charge in [-0.25, -0.2) is 4.79 Å². The molecule has 1 heterocycles. The molecule has 1 aliphatic rings. The van der Waals surface area contributed by atoms with Gasteiger partial charge in [-0.2, -0.15) is 0 Å². The lowest BCUT2D eigenvalue weighted by Crippen LogP contribution is -2.27. The van der Waals surface area contributed by atoms with Crippen LogP contribution in [0.5, 0.6) is 0 Å². The predicted octanol–water partition coefficient (Wildman–Crippen LogP) is 1.89. The van der Waals surface area contributed by atoms with Gasteiger partial charge in [-0.15, -0.1) is 0 Å². The Morgan fingerprint density at radius 3 is 2.30 bits per heavy atom. The molecule has 0 saturated carbocycles. The smallest absolute Gasteiger partial charge is 0.430 e. The van der Waals surface area contributed by atoms with Crippen molar-refractivity contribution in [1.29, 1.82) is 0 Å². The van der Waals surface area contributed by atoms with Gasteiger partial charge in [-0.3, -0.25) is 0 Å². The maximum atomic E-state index is 10.3. The second-order valence-corrected chi connectivity index (χ2v) is 4.08. The van der Waals surface area contributed by atoms with Crippen LogP contribution in [-0.4, -0.2) is 22.7 Å². The SMILES string of the molecule is O=C1OC[C@H](C(Cl)(Cl)Cl)O1. The Kier molecular flexibility index (Phi) is 2.18. The number of hydrogen-bond acceptors (Lipinski definition) is 3. The van der Waals surface area contributed by atoms with Crippen molar-refractivity contribution in [2.75, 3.05) is 6.61 Å². The fraction of sp³-hybridized carbons (Fsp3) is 0.750. The maximum Gasteiger partial charge on any atom is 0.508 e. The topological polar surface area (TPSA) is 35.5 Å². The summed E-state index contributed by atoms with van der Waals surface area (Å²) in [5.74, 6) is 0. The van der Waals surface area contributed by atoms with E-state index in [0.717, 1.165) is 0 Å². The summed E-state index contributed by atoms with van der Waals surface area (Å²) in [7, 11) is 0. The number of carbonyl (C=O) groups excluding carboxylic acids is 1. The van der Waals surface area contributed by atoms with Gasteiger partial charge in [-0.05, 0) is 0 Å². The van der Waals surface area contributed by atoms with Crippen molar-refractivity contribution < 1.29 is 14.3 Å². The Bertz CT molecular complexity index is 152. The molecule has 3 nitrogen and oxygen atoms in total. The van der Waals surface area contributed by atoms with Crippen molar-refractivity contribution in [3.8, 4) is 0 Å². The summed E-state index contributed by atoms with van der Waals surface area (Å²) < 4.78 is 7.26. The third-order valence-electron chi connectivity index (χ3n) is 0.956. The van der Waals surface area contributed by atoms with Crippen molar-refractivity contribution in [3.05, 3.63) is 0 Å². The lowest BCUT2D eigenvalue weighted by Gasteiger charge is -2.14. The van der Waals surface area contributed by atoms with Crippen molar-refractivity contribution in [3.63, 3.8) is 0 Å². The first-order valence-corrected chi connectivity index (χ1v) is 3.53. The van der Waals surface area contributed by atoms with Gasteiger partial charge >= 0.3 is 6.16 Å². The molecule has 6 heteroatoms. The summed E-state index contributed by atoms with van der Waals surface area (Å²) in [5.41, 5.74) is 0. The highest BCUT2D eigenvalue weighted by Gasteiger charge is 2.41. The largest absolute Gasteiger partial charge is 0.508 e. The Balaban J connectivity index is 2.53. The Morgan fingerprint density at radius 1 is 1.50 bits per heavy atom. The Morgan fingerprint density at radius 2 is 2.10 bits per heavy atom. The monoisotopic (exact) mass is 204 g/mol. The van der Waals surface area contributed by atoms with Gasteiger partial charge in [0.15, 0.2) is 6.10 Å². The third kappa shape index (κ3) is 1.81. The number of carbonyl (C=O) groups is 1. The van der Waals surface area contributed by atoms with Gasteiger partial charge in [0.2, 0.25) is 3.79 Å². The van der Waals surface area contributed by atoms with Crippen molar-refractivity contribution >= 4 is 41.0 Å². The van der Waals surface area contributed by atoms with Gasteiger partial charge in [-0.1, -0.05) is 34.8 Å². The van der Waals surface area contributed by atoms with Crippen molar-refractivity contribution in [2.24, 2.45) is 0 Å².